The van der Waals surface area contributed by atoms with Crippen LogP contribution in [0, 0.1) is 5.82 Å². The minimum atomic E-state index is -0.364. The maximum absolute atomic E-state index is 13.1. The van der Waals surface area contributed by atoms with Crippen LogP contribution >= 0.6 is 27.3 Å². The van der Waals surface area contributed by atoms with Crippen LogP contribution in [-0.2, 0) is 11.2 Å². The number of rotatable bonds is 5. The van der Waals surface area contributed by atoms with Crippen LogP contribution in [0.4, 0.5) is 10.1 Å². The van der Waals surface area contributed by atoms with Crippen LogP contribution in [0.15, 0.2) is 40.2 Å². The van der Waals surface area contributed by atoms with Crippen molar-refractivity contribution in [3.8, 4) is 0 Å². The van der Waals surface area contributed by atoms with Gasteiger partial charge in [0.05, 0.1) is 5.69 Å². The van der Waals surface area contributed by atoms with Crippen molar-refractivity contribution in [2.24, 2.45) is 0 Å². The second kappa shape index (κ2) is 6.82. The van der Waals surface area contributed by atoms with Crippen molar-refractivity contribution < 1.29 is 9.18 Å². The molecule has 0 aliphatic rings. The summed E-state index contributed by atoms with van der Waals surface area (Å²) >= 11 is 4.97. The van der Waals surface area contributed by atoms with Crippen LogP contribution in [-0.4, -0.2) is 5.91 Å². The molecule has 1 aromatic carbocycles. The van der Waals surface area contributed by atoms with Gasteiger partial charge in [-0.1, -0.05) is 6.07 Å². The molecule has 1 heterocycles. The van der Waals surface area contributed by atoms with Gasteiger partial charge in [-0.3, -0.25) is 4.79 Å². The Morgan fingerprint density at radius 2 is 2.21 bits per heavy atom. The summed E-state index contributed by atoms with van der Waals surface area (Å²) in [4.78, 5) is 13.0. The maximum atomic E-state index is 13.1. The van der Waals surface area contributed by atoms with Crippen molar-refractivity contribution in [2.75, 3.05) is 5.32 Å². The van der Waals surface area contributed by atoms with Gasteiger partial charge in [-0.05, 0) is 58.4 Å². The van der Waals surface area contributed by atoms with Gasteiger partial charge in [0.2, 0.25) is 5.91 Å². The van der Waals surface area contributed by atoms with E-state index >= 15 is 0 Å². The average molecular weight is 342 g/mol. The monoisotopic (exact) mass is 341 g/mol. The number of anilines is 1. The van der Waals surface area contributed by atoms with E-state index in [0.717, 1.165) is 12.8 Å². The molecule has 100 valence electrons. The Hall–Kier alpha value is -1.20. The summed E-state index contributed by atoms with van der Waals surface area (Å²) in [6, 6.07) is 8.30. The van der Waals surface area contributed by atoms with Crippen LogP contribution in [0.5, 0.6) is 0 Å². The highest BCUT2D eigenvalue weighted by atomic mass is 79.9. The van der Waals surface area contributed by atoms with E-state index in [4.69, 9.17) is 0 Å². The number of amides is 1. The molecular weight excluding hydrogens is 329 g/mol. The van der Waals surface area contributed by atoms with Crippen molar-refractivity contribution in [3.05, 3.63) is 50.9 Å². The second-order valence-electron chi connectivity index (χ2n) is 4.11. The largest absolute Gasteiger partial charge is 0.325 e. The molecule has 0 aliphatic heterocycles. The molecule has 0 spiro atoms. The first-order valence-electron chi connectivity index (χ1n) is 5.92. The highest BCUT2D eigenvalue weighted by Gasteiger charge is 2.07. The lowest BCUT2D eigenvalue weighted by atomic mass is 10.2. The van der Waals surface area contributed by atoms with E-state index < -0.39 is 0 Å². The predicted octanol–water partition coefficient (Wildman–Crippen LogP) is 4.61. The van der Waals surface area contributed by atoms with E-state index in [0.29, 0.717) is 16.6 Å². The SMILES string of the molecule is O=C(CCCc1cccs1)Nc1cc(F)ccc1Br. The third-order valence-corrected chi connectivity index (χ3v) is 4.24. The Balaban J connectivity index is 1.82. The van der Waals surface area contributed by atoms with Crippen LogP contribution in [0.3, 0.4) is 0 Å². The van der Waals surface area contributed by atoms with Crippen LogP contribution in [0.1, 0.15) is 17.7 Å². The molecule has 0 unspecified atom stereocenters. The number of hydrogen-bond donors (Lipinski definition) is 1. The van der Waals surface area contributed by atoms with Crippen molar-refractivity contribution in [1.29, 1.82) is 0 Å². The van der Waals surface area contributed by atoms with Gasteiger partial charge in [0, 0.05) is 15.8 Å². The Morgan fingerprint density at radius 3 is 2.95 bits per heavy atom. The number of nitrogens with one attached hydrogen (secondary N) is 1. The molecule has 0 atom stereocenters. The van der Waals surface area contributed by atoms with E-state index in [9.17, 15) is 9.18 Å². The van der Waals surface area contributed by atoms with E-state index in [1.165, 1.54) is 17.0 Å². The lowest BCUT2D eigenvalue weighted by Gasteiger charge is -2.07. The molecule has 0 saturated heterocycles. The van der Waals surface area contributed by atoms with Gasteiger partial charge in [0.15, 0.2) is 0 Å². The Morgan fingerprint density at radius 1 is 1.37 bits per heavy atom. The zero-order chi connectivity index (χ0) is 13.7. The van der Waals surface area contributed by atoms with Crippen LogP contribution in [0.25, 0.3) is 0 Å². The van der Waals surface area contributed by atoms with Crippen molar-refractivity contribution in [1.82, 2.24) is 0 Å². The molecule has 2 aromatic rings. The normalized spacial score (nSPS) is 10.4. The fraction of sp³-hybridized carbons (Fsp3) is 0.214. The fourth-order valence-electron chi connectivity index (χ4n) is 1.68. The van der Waals surface area contributed by atoms with Gasteiger partial charge in [0.25, 0.3) is 0 Å². The standard InChI is InChI=1S/C14H13BrFNOS/c15-12-7-6-10(16)9-13(12)17-14(18)5-1-3-11-4-2-8-19-11/h2,4,6-9H,1,3,5H2,(H,17,18). The van der Waals surface area contributed by atoms with Gasteiger partial charge < -0.3 is 5.32 Å². The summed E-state index contributed by atoms with van der Waals surface area (Å²) in [6.07, 6.45) is 2.12. The molecule has 0 bridgehead atoms. The molecule has 1 N–H and O–H groups in total. The number of carbonyl (C=O) groups excluding carboxylic acids is 1. The Bertz CT molecular complexity index is 557. The van der Waals surface area contributed by atoms with Gasteiger partial charge >= 0.3 is 0 Å². The molecule has 2 nitrogen and oxygen atoms in total. The first-order valence-corrected chi connectivity index (χ1v) is 7.60. The number of hydrogen-bond acceptors (Lipinski definition) is 2. The van der Waals surface area contributed by atoms with Crippen LogP contribution in [0.2, 0.25) is 0 Å². The summed E-state index contributed by atoms with van der Waals surface area (Å²) in [5.41, 5.74) is 0.473. The summed E-state index contributed by atoms with van der Waals surface area (Å²) in [5.74, 6) is -0.458. The average Bonchev–Trinajstić information content (AvgIpc) is 2.87. The quantitative estimate of drug-likeness (QED) is 0.845. The number of benzene rings is 1. The molecule has 0 saturated carbocycles. The van der Waals surface area contributed by atoms with Gasteiger partial charge in [0.1, 0.15) is 5.82 Å². The first kappa shape index (κ1) is 14.2. The van der Waals surface area contributed by atoms with E-state index in [2.05, 4.69) is 27.3 Å². The summed E-state index contributed by atoms with van der Waals surface area (Å²) in [7, 11) is 0. The molecule has 1 aromatic heterocycles. The molecule has 5 heteroatoms. The molecule has 0 radical (unpaired) electrons. The minimum Gasteiger partial charge on any atom is -0.325 e. The van der Waals surface area contributed by atoms with E-state index in [-0.39, 0.29) is 11.7 Å². The molecule has 2 rings (SSSR count). The first-order chi connectivity index (χ1) is 9.15. The third kappa shape index (κ3) is 4.44. The number of aryl methyl sites for hydroxylation is 1. The van der Waals surface area contributed by atoms with Gasteiger partial charge in [-0.15, -0.1) is 11.3 Å². The van der Waals surface area contributed by atoms with E-state index in [1.807, 2.05) is 11.4 Å². The van der Waals surface area contributed by atoms with Crippen molar-refractivity contribution in [3.63, 3.8) is 0 Å². The zero-order valence-corrected chi connectivity index (χ0v) is 12.6. The lowest BCUT2D eigenvalue weighted by molar-refractivity contribution is -0.116. The van der Waals surface area contributed by atoms with Gasteiger partial charge in [-0.25, -0.2) is 4.39 Å². The smallest absolute Gasteiger partial charge is 0.224 e. The Labute approximate surface area is 123 Å². The summed E-state index contributed by atoms with van der Waals surface area (Å²) in [5, 5.41) is 4.74. The zero-order valence-electron chi connectivity index (χ0n) is 10.2. The number of carbonyl (C=O) groups is 1. The predicted molar refractivity (Wildman–Crippen MR) is 80.0 cm³/mol. The lowest BCUT2D eigenvalue weighted by Crippen LogP contribution is -2.12. The van der Waals surface area contributed by atoms with Crippen molar-refractivity contribution in [2.45, 2.75) is 19.3 Å². The highest BCUT2D eigenvalue weighted by Crippen LogP contribution is 2.23. The summed E-state index contributed by atoms with van der Waals surface area (Å²) < 4.78 is 13.7. The van der Waals surface area contributed by atoms with E-state index in [1.54, 1.807) is 17.4 Å². The second-order valence-corrected chi connectivity index (χ2v) is 5.99. The molecule has 19 heavy (non-hydrogen) atoms. The number of halogens is 2. The fourth-order valence-corrected chi connectivity index (χ4v) is 2.78. The Kier molecular flexibility index (Phi) is 5.10. The summed E-state index contributed by atoms with van der Waals surface area (Å²) in [6.45, 7) is 0. The van der Waals surface area contributed by atoms with Gasteiger partial charge in [-0.2, -0.15) is 0 Å². The molecule has 0 aliphatic carbocycles. The topological polar surface area (TPSA) is 29.1 Å². The number of thiophene rings is 1. The molecular formula is C14H13BrFNOS. The molecule has 1 amide bonds. The van der Waals surface area contributed by atoms with Crippen LogP contribution < -0.4 is 5.32 Å². The molecule has 0 fully saturated rings. The van der Waals surface area contributed by atoms with Crippen molar-refractivity contribution >= 4 is 38.9 Å². The minimum absolute atomic E-state index is 0.0946. The maximum Gasteiger partial charge on any atom is 0.224 e. The highest BCUT2D eigenvalue weighted by molar-refractivity contribution is 9.10. The third-order valence-electron chi connectivity index (χ3n) is 2.61.